The van der Waals surface area contributed by atoms with E-state index < -0.39 is 0 Å². The Bertz CT molecular complexity index is 587. The number of nitrogens with one attached hydrogen (secondary N) is 1. The third kappa shape index (κ3) is 3.92. The topological polar surface area (TPSA) is 37.4 Å². The molecule has 5 heteroatoms. The Hall–Kier alpha value is -2.14. The fourth-order valence-corrected chi connectivity index (χ4v) is 2.22. The van der Waals surface area contributed by atoms with E-state index in [0.29, 0.717) is 13.1 Å². The number of hydrogen-bond donors (Lipinski definition) is 1. The summed E-state index contributed by atoms with van der Waals surface area (Å²) >= 11 is 0. The third-order valence-electron chi connectivity index (χ3n) is 3.22. The summed E-state index contributed by atoms with van der Waals surface area (Å²) in [5, 5.41) is 3.04. The minimum Gasteiger partial charge on any atom is -0.497 e. The van der Waals surface area contributed by atoms with Gasteiger partial charge in [-0.05, 0) is 30.8 Å². The van der Waals surface area contributed by atoms with Gasteiger partial charge in [0.15, 0.2) is 0 Å². The molecule has 0 fully saturated rings. The largest absolute Gasteiger partial charge is 0.497 e. The predicted octanol–water partition coefficient (Wildman–Crippen LogP) is 2.59. The van der Waals surface area contributed by atoms with Gasteiger partial charge in [0, 0.05) is 25.7 Å². The molecule has 112 valence electrons. The molecule has 0 amide bonds. The van der Waals surface area contributed by atoms with E-state index in [1.165, 1.54) is 12.3 Å². The number of benzene rings is 1. The molecule has 0 radical (unpaired) electrons. The van der Waals surface area contributed by atoms with Gasteiger partial charge in [0.1, 0.15) is 17.4 Å². The van der Waals surface area contributed by atoms with Crippen molar-refractivity contribution in [3.05, 3.63) is 53.5 Å². The molecule has 0 aliphatic rings. The van der Waals surface area contributed by atoms with E-state index in [4.69, 9.17) is 4.74 Å². The number of rotatable bonds is 6. The van der Waals surface area contributed by atoms with Crippen molar-refractivity contribution in [2.24, 2.45) is 0 Å². The molecule has 21 heavy (non-hydrogen) atoms. The number of pyridine rings is 1. The van der Waals surface area contributed by atoms with Crippen LogP contribution in [-0.4, -0.2) is 26.2 Å². The standard InChI is InChI=1S/C16H20FN3O/c1-18-9-13-8-14(17)10-19-16(13)20(2)11-12-4-6-15(21-3)7-5-12/h4-8,10,18H,9,11H2,1-3H3. The van der Waals surface area contributed by atoms with Crippen LogP contribution < -0.4 is 15.0 Å². The minimum atomic E-state index is -0.318. The van der Waals surface area contributed by atoms with E-state index in [-0.39, 0.29) is 5.82 Å². The Morgan fingerprint density at radius 3 is 2.62 bits per heavy atom. The highest BCUT2D eigenvalue weighted by Gasteiger charge is 2.10. The molecule has 1 N–H and O–H groups in total. The molecule has 0 aliphatic heterocycles. The summed E-state index contributed by atoms with van der Waals surface area (Å²) in [4.78, 5) is 6.22. The number of halogens is 1. The second-order valence-corrected chi connectivity index (χ2v) is 4.87. The van der Waals surface area contributed by atoms with Gasteiger partial charge in [-0.15, -0.1) is 0 Å². The van der Waals surface area contributed by atoms with Crippen molar-refractivity contribution in [3.63, 3.8) is 0 Å². The van der Waals surface area contributed by atoms with Crippen LogP contribution in [-0.2, 0) is 13.1 Å². The number of nitrogens with zero attached hydrogens (tertiary/aromatic N) is 2. The molecule has 4 nitrogen and oxygen atoms in total. The van der Waals surface area contributed by atoms with Gasteiger partial charge in [0.2, 0.25) is 0 Å². The van der Waals surface area contributed by atoms with Crippen LogP contribution in [0.15, 0.2) is 36.5 Å². The summed E-state index contributed by atoms with van der Waals surface area (Å²) in [5.74, 6) is 1.29. The number of ether oxygens (including phenoxy) is 1. The third-order valence-corrected chi connectivity index (χ3v) is 3.22. The lowest BCUT2D eigenvalue weighted by molar-refractivity contribution is 0.414. The number of aromatic nitrogens is 1. The molecule has 2 aromatic rings. The van der Waals surface area contributed by atoms with Crippen LogP contribution in [0.4, 0.5) is 10.2 Å². The maximum absolute atomic E-state index is 13.3. The molecule has 1 aromatic heterocycles. The lowest BCUT2D eigenvalue weighted by atomic mass is 10.2. The first-order valence-corrected chi connectivity index (χ1v) is 6.77. The van der Waals surface area contributed by atoms with Crippen LogP contribution in [0.3, 0.4) is 0 Å². The van der Waals surface area contributed by atoms with Crippen LogP contribution in [0.1, 0.15) is 11.1 Å². The van der Waals surface area contributed by atoms with E-state index in [1.807, 2.05) is 43.3 Å². The molecule has 2 rings (SSSR count). The normalized spacial score (nSPS) is 10.5. The van der Waals surface area contributed by atoms with Crippen LogP contribution in [0.2, 0.25) is 0 Å². The summed E-state index contributed by atoms with van der Waals surface area (Å²) in [5.41, 5.74) is 1.98. The van der Waals surface area contributed by atoms with Gasteiger partial charge in [0.25, 0.3) is 0 Å². The second kappa shape index (κ2) is 7.04. The van der Waals surface area contributed by atoms with Gasteiger partial charge in [0.05, 0.1) is 13.3 Å². The average molecular weight is 289 g/mol. The summed E-state index contributed by atoms with van der Waals surface area (Å²) in [6, 6.07) is 9.39. The first kappa shape index (κ1) is 15.3. The molecule has 0 saturated carbocycles. The second-order valence-electron chi connectivity index (χ2n) is 4.87. The van der Waals surface area contributed by atoms with Gasteiger partial charge in [-0.1, -0.05) is 12.1 Å². The highest BCUT2D eigenvalue weighted by atomic mass is 19.1. The average Bonchev–Trinajstić information content (AvgIpc) is 2.48. The number of anilines is 1. The van der Waals surface area contributed by atoms with Gasteiger partial charge < -0.3 is 15.0 Å². The number of hydrogen-bond acceptors (Lipinski definition) is 4. The van der Waals surface area contributed by atoms with Crippen molar-refractivity contribution in [2.45, 2.75) is 13.1 Å². The fraction of sp³-hybridized carbons (Fsp3) is 0.312. The zero-order valence-corrected chi connectivity index (χ0v) is 12.6. The van der Waals surface area contributed by atoms with Gasteiger partial charge in [-0.2, -0.15) is 0 Å². The molecule has 0 unspecified atom stereocenters. The molecule has 1 heterocycles. The Balaban J connectivity index is 2.16. The SMILES string of the molecule is CNCc1cc(F)cnc1N(C)Cc1ccc(OC)cc1. The predicted molar refractivity (Wildman–Crippen MR) is 82.1 cm³/mol. The first-order chi connectivity index (χ1) is 10.1. The van der Waals surface area contributed by atoms with Gasteiger partial charge >= 0.3 is 0 Å². The minimum absolute atomic E-state index is 0.318. The maximum atomic E-state index is 13.3. The molecule has 0 aliphatic carbocycles. The zero-order valence-electron chi connectivity index (χ0n) is 12.6. The summed E-state index contributed by atoms with van der Waals surface area (Å²) in [6.45, 7) is 1.27. The van der Waals surface area contributed by atoms with Gasteiger partial charge in [-0.25, -0.2) is 9.37 Å². The van der Waals surface area contributed by atoms with Crippen molar-refractivity contribution in [1.82, 2.24) is 10.3 Å². The molecule has 0 bridgehead atoms. The highest BCUT2D eigenvalue weighted by Crippen LogP contribution is 2.20. The summed E-state index contributed by atoms with van der Waals surface area (Å²) < 4.78 is 18.5. The Morgan fingerprint density at radius 1 is 1.29 bits per heavy atom. The molecule has 1 aromatic carbocycles. The first-order valence-electron chi connectivity index (χ1n) is 6.77. The quantitative estimate of drug-likeness (QED) is 0.887. The van der Waals surface area contributed by atoms with Crippen LogP contribution in [0.5, 0.6) is 5.75 Å². The molecular formula is C16H20FN3O. The van der Waals surface area contributed by atoms with Crippen molar-refractivity contribution in [1.29, 1.82) is 0 Å². The monoisotopic (exact) mass is 289 g/mol. The van der Waals surface area contributed by atoms with E-state index in [1.54, 1.807) is 7.11 Å². The highest BCUT2D eigenvalue weighted by molar-refractivity contribution is 5.47. The van der Waals surface area contributed by atoms with Gasteiger partial charge in [-0.3, -0.25) is 0 Å². The molecule has 0 spiro atoms. The summed E-state index contributed by atoms with van der Waals surface area (Å²) in [6.07, 6.45) is 1.25. The van der Waals surface area contributed by atoms with Crippen LogP contribution >= 0.6 is 0 Å². The molecular weight excluding hydrogens is 269 g/mol. The Morgan fingerprint density at radius 2 is 2.00 bits per heavy atom. The maximum Gasteiger partial charge on any atom is 0.141 e. The molecule has 0 atom stereocenters. The van der Waals surface area contributed by atoms with Crippen molar-refractivity contribution < 1.29 is 9.13 Å². The summed E-state index contributed by atoms with van der Waals surface area (Å²) in [7, 11) is 5.43. The Kier molecular flexibility index (Phi) is 5.11. The van der Waals surface area contributed by atoms with E-state index in [0.717, 1.165) is 22.7 Å². The van der Waals surface area contributed by atoms with Crippen LogP contribution in [0.25, 0.3) is 0 Å². The van der Waals surface area contributed by atoms with Crippen molar-refractivity contribution >= 4 is 5.82 Å². The van der Waals surface area contributed by atoms with Crippen LogP contribution in [0, 0.1) is 5.82 Å². The van der Waals surface area contributed by atoms with E-state index in [9.17, 15) is 4.39 Å². The lowest BCUT2D eigenvalue weighted by Crippen LogP contribution is -2.21. The van der Waals surface area contributed by atoms with Crippen molar-refractivity contribution in [3.8, 4) is 5.75 Å². The van der Waals surface area contributed by atoms with E-state index in [2.05, 4.69) is 10.3 Å². The van der Waals surface area contributed by atoms with Crippen molar-refractivity contribution in [2.75, 3.05) is 26.1 Å². The molecule has 0 saturated heterocycles. The zero-order chi connectivity index (χ0) is 15.2. The van der Waals surface area contributed by atoms with E-state index >= 15 is 0 Å². The number of methoxy groups -OCH3 is 1. The lowest BCUT2D eigenvalue weighted by Gasteiger charge is -2.21. The Labute approximate surface area is 124 Å². The smallest absolute Gasteiger partial charge is 0.141 e. The fourth-order valence-electron chi connectivity index (χ4n) is 2.22.